The topological polar surface area (TPSA) is 97.0 Å². The molecule has 1 aliphatic rings. The van der Waals surface area contributed by atoms with Crippen LogP contribution in [0.1, 0.15) is 24.0 Å². The van der Waals surface area contributed by atoms with Crippen molar-refractivity contribution in [2.75, 3.05) is 26.7 Å². The fraction of sp³-hybridized carbons (Fsp3) is 0.400. The minimum atomic E-state index is -0.666. The highest BCUT2D eigenvalue weighted by molar-refractivity contribution is 5.88. The summed E-state index contributed by atoms with van der Waals surface area (Å²) in [6, 6.07) is 18.0. The maximum absolute atomic E-state index is 13.1. The van der Waals surface area contributed by atoms with Crippen LogP contribution >= 0.6 is 0 Å². The predicted octanol–water partition coefficient (Wildman–Crippen LogP) is 2.28. The number of carbonyl (C=O) groups excluding carboxylic acids is 3. The van der Waals surface area contributed by atoms with E-state index >= 15 is 0 Å². The summed E-state index contributed by atoms with van der Waals surface area (Å²) >= 11 is 0. The molecule has 1 saturated heterocycles. The number of ether oxygens (including phenoxy) is 2. The Morgan fingerprint density at radius 3 is 2.42 bits per heavy atom. The van der Waals surface area contributed by atoms with E-state index in [4.69, 9.17) is 9.47 Å². The van der Waals surface area contributed by atoms with E-state index in [-0.39, 0.29) is 12.5 Å². The van der Waals surface area contributed by atoms with E-state index < -0.39 is 24.1 Å². The zero-order chi connectivity index (χ0) is 23.5. The Hall–Kier alpha value is -3.39. The molecule has 2 aromatic carbocycles. The van der Waals surface area contributed by atoms with Crippen LogP contribution < -0.4 is 10.6 Å². The zero-order valence-electron chi connectivity index (χ0n) is 18.9. The number of hydrogen-bond donors (Lipinski definition) is 2. The molecule has 0 radical (unpaired) electrons. The Bertz CT molecular complexity index is 907. The lowest BCUT2D eigenvalue weighted by Gasteiger charge is -2.37. The first-order chi connectivity index (χ1) is 16.1. The van der Waals surface area contributed by atoms with Crippen molar-refractivity contribution >= 4 is 18.0 Å². The molecule has 2 N–H and O–H groups in total. The maximum atomic E-state index is 13.1. The van der Waals surface area contributed by atoms with Gasteiger partial charge in [0.05, 0.1) is 13.2 Å². The first-order valence-corrected chi connectivity index (χ1v) is 11.2. The molecular formula is C25H31N3O5. The third-order valence-electron chi connectivity index (χ3n) is 5.60. The Morgan fingerprint density at radius 2 is 1.76 bits per heavy atom. The van der Waals surface area contributed by atoms with E-state index in [0.29, 0.717) is 38.9 Å². The molecule has 2 atom stereocenters. The lowest BCUT2D eigenvalue weighted by Crippen LogP contribution is -2.60. The fourth-order valence-electron chi connectivity index (χ4n) is 3.86. The highest BCUT2D eigenvalue weighted by Crippen LogP contribution is 2.16. The molecule has 8 nitrogen and oxygen atoms in total. The number of alkyl carbamates (subject to hydrolysis) is 1. The van der Waals surface area contributed by atoms with Gasteiger partial charge in [-0.05, 0) is 24.0 Å². The molecule has 2 amide bonds. The fourth-order valence-corrected chi connectivity index (χ4v) is 3.86. The third kappa shape index (κ3) is 7.32. The largest absolute Gasteiger partial charge is 0.467 e. The van der Waals surface area contributed by atoms with E-state index in [1.807, 2.05) is 60.7 Å². The predicted molar refractivity (Wildman–Crippen MR) is 123 cm³/mol. The van der Waals surface area contributed by atoms with Crippen LogP contribution in [-0.4, -0.2) is 61.7 Å². The molecule has 0 aromatic heterocycles. The van der Waals surface area contributed by atoms with Crippen LogP contribution in [0.4, 0.5) is 4.79 Å². The molecule has 33 heavy (non-hydrogen) atoms. The number of esters is 1. The van der Waals surface area contributed by atoms with Crippen molar-refractivity contribution in [1.82, 2.24) is 15.5 Å². The lowest BCUT2D eigenvalue weighted by atomic mass is 10.0. The molecule has 0 aliphatic carbocycles. The number of rotatable bonds is 10. The second-order valence-corrected chi connectivity index (χ2v) is 7.90. The number of nitrogens with zero attached hydrogens (tertiary/aromatic N) is 1. The van der Waals surface area contributed by atoms with Gasteiger partial charge in [0.25, 0.3) is 0 Å². The van der Waals surface area contributed by atoms with Crippen molar-refractivity contribution < 1.29 is 23.9 Å². The van der Waals surface area contributed by atoms with Crippen LogP contribution in [0.25, 0.3) is 0 Å². The van der Waals surface area contributed by atoms with E-state index in [1.165, 1.54) is 7.11 Å². The van der Waals surface area contributed by atoms with Gasteiger partial charge >= 0.3 is 12.1 Å². The quantitative estimate of drug-likeness (QED) is 0.423. The monoisotopic (exact) mass is 453 g/mol. The summed E-state index contributed by atoms with van der Waals surface area (Å²) in [6.45, 7) is 1.63. The van der Waals surface area contributed by atoms with Crippen molar-refractivity contribution in [3.63, 3.8) is 0 Å². The molecule has 0 spiro atoms. The Kier molecular flexibility index (Phi) is 9.26. The molecule has 2 unspecified atom stereocenters. The number of carbonyl (C=O) groups is 3. The minimum absolute atomic E-state index is 0.126. The third-order valence-corrected chi connectivity index (χ3v) is 5.60. The molecule has 0 bridgehead atoms. The molecule has 1 aliphatic heterocycles. The van der Waals surface area contributed by atoms with Crippen LogP contribution in [0.5, 0.6) is 0 Å². The molecule has 1 fully saturated rings. The molecule has 176 valence electrons. The normalized spacial score (nSPS) is 16.7. The molecule has 3 rings (SSSR count). The zero-order valence-corrected chi connectivity index (χ0v) is 18.9. The summed E-state index contributed by atoms with van der Waals surface area (Å²) in [4.78, 5) is 39.1. The first kappa shape index (κ1) is 24.3. The average Bonchev–Trinajstić information content (AvgIpc) is 2.86. The number of piperazine rings is 1. The van der Waals surface area contributed by atoms with E-state index in [9.17, 15) is 14.4 Å². The Morgan fingerprint density at radius 1 is 1.09 bits per heavy atom. The van der Waals surface area contributed by atoms with Gasteiger partial charge in [-0.2, -0.15) is 0 Å². The van der Waals surface area contributed by atoms with E-state index in [2.05, 4.69) is 10.6 Å². The summed E-state index contributed by atoms with van der Waals surface area (Å²) in [7, 11) is 1.34. The summed E-state index contributed by atoms with van der Waals surface area (Å²) in [5.41, 5.74) is 1.88. The van der Waals surface area contributed by atoms with Gasteiger partial charge < -0.3 is 25.0 Å². The highest BCUT2D eigenvalue weighted by atomic mass is 16.5. The molecule has 1 heterocycles. The smallest absolute Gasteiger partial charge is 0.407 e. The van der Waals surface area contributed by atoms with Crippen molar-refractivity contribution in [3.05, 3.63) is 71.8 Å². The maximum Gasteiger partial charge on any atom is 0.407 e. The molecule has 8 heteroatoms. The molecule has 0 saturated carbocycles. The van der Waals surface area contributed by atoms with Crippen LogP contribution in [0.2, 0.25) is 0 Å². The van der Waals surface area contributed by atoms with Gasteiger partial charge in [0.15, 0.2) is 0 Å². The van der Waals surface area contributed by atoms with Gasteiger partial charge in [-0.15, -0.1) is 0 Å². The van der Waals surface area contributed by atoms with Crippen molar-refractivity contribution in [2.24, 2.45) is 0 Å². The van der Waals surface area contributed by atoms with Crippen molar-refractivity contribution in [3.8, 4) is 0 Å². The van der Waals surface area contributed by atoms with Crippen LogP contribution in [-0.2, 0) is 32.1 Å². The standard InChI is InChI=1S/C25H31N3O5/c1-32-24(30)22(17-19-9-4-2-5-10-19)28-16-15-26-21(23(28)29)13-8-14-27-25(31)33-18-20-11-6-3-7-12-20/h2-7,9-12,21-22,26H,8,13-18H2,1H3,(H,27,31). The number of nitrogens with one attached hydrogen (secondary N) is 2. The minimum Gasteiger partial charge on any atom is -0.467 e. The number of benzene rings is 2. The second kappa shape index (κ2) is 12.6. The van der Waals surface area contributed by atoms with Crippen molar-refractivity contribution in [1.29, 1.82) is 0 Å². The van der Waals surface area contributed by atoms with Crippen molar-refractivity contribution in [2.45, 2.75) is 38.0 Å². The second-order valence-electron chi connectivity index (χ2n) is 7.90. The van der Waals surface area contributed by atoms with Crippen LogP contribution in [0.3, 0.4) is 0 Å². The average molecular weight is 454 g/mol. The summed E-state index contributed by atoms with van der Waals surface area (Å²) in [5.74, 6) is -0.546. The highest BCUT2D eigenvalue weighted by Gasteiger charge is 2.36. The molecular weight excluding hydrogens is 422 g/mol. The Labute approximate surface area is 194 Å². The van der Waals surface area contributed by atoms with Gasteiger partial charge in [0, 0.05) is 26.1 Å². The number of hydrogen-bond acceptors (Lipinski definition) is 6. The first-order valence-electron chi connectivity index (χ1n) is 11.2. The van der Waals surface area contributed by atoms with E-state index in [1.54, 1.807) is 4.90 Å². The van der Waals surface area contributed by atoms with Gasteiger partial charge in [-0.1, -0.05) is 60.7 Å². The summed E-state index contributed by atoms with van der Waals surface area (Å²) in [6.07, 6.45) is 1.05. The van der Waals surface area contributed by atoms with Gasteiger partial charge in [-0.3, -0.25) is 4.79 Å². The van der Waals surface area contributed by atoms with Crippen LogP contribution in [0, 0.1) is 0 Å². The Balaban J connectivity index is 1.46. The van der Waals surface area contributed by atoms with E-state index in [0.717, 1.165) is 11.1 Å². The molecule has 2 aromatic rings. The lowest BCUT2D eigenvalue weighted by molar-refractivity contribution is -0.155. The van der Waals surface area contributed by atoms with Gasteiger partial charge in [-0.25, -0.2) is 9.59 Å². The van der Waals surface area contributed by atoms with Gasteiger partial charge in [0.1, 0.15) is 12.6 Å². The van der Waals surface area contributed by atoms with Crippen LogP contribution in [0.15, 0.2) is 60.7 Å². The number of methoxy groups -OCH3 is 1. The number of amides is 2. The van der Waals surface area contributed by atoms with Gasteiger partial charge in [0.2, 0.25) is 5.91 Å². The SMILES string of the molecule is COC(=O)C(Cc1ccccc1)N1CCNC(CCCNC(=O)OCc2ccccc2)C1=O. The summed E-state index contributed by atoms with van der Waals surface area (Å²) in [5, 5.41) is 5.94. The summed E-state index contributed by atoms with van der Waals surface area (Å²) < 4.78 is 10.2.